The van der Waals surface area contributed by atoms with E-state index in [2.05, 4.69) is 56.4 Å². The van der Waals surface area contributed by atoms with Crippen LogP contribution < -0.4 is 3.32 Å². The van der Waals surface area contributed by atoms with Crippen LogP contribution in [0.2, 0.25) is 13.1 Å². The maximum Gasteiger partial charge on any atom is -0.147 e. The van der Waals surface area contributed by atoms with Crippen molar-refractivity contribution in [3.05, 3.63) is 51.9 Å². The van der Waals surface area contributed by atoms with E-state index in [9.17, 15) is 0 Å². The summed E-state index contributed by atoms with van der Waals surface area (Å²) >= 11 is -1.49. The molecule has 1 aromatic rings. The second-order valence-electron chi connectivity index (χ2n) is 4.70. The van der Waals surface area contributed by atoms with E-state index in [1.807, 2.05) is 6.07 Å². The molecule has 0 aromatic heterocycles. The van der Waals surface area contributed by atoms with Crippen molar-refractivity contribution >= 4 is 31.5 Å². The Bertz CT molecular complexity index is 446. The first kappa shape index (κ1) is 19.0. The molecule has 19 heavy (non-hydrogen) atoms. The van der Waals surface area contributed by atoms with Crippen molar-refractivity contribution in [3.8, 4) is 5.75 Å². The van der Waals surface area contributed by atoms with Gasteiger partial charge in [-0.05, 0) is 0 Å². The summed E-state index contributed by atoms with van der Waals surface area (Å²) in [5.41, 5.74) is 1.47. The van der Waals surface area contributed by atoms with Crippen molar-refractivity contribution in [1.82, 2.24) is 0 Å². The minimum absolute atomic E-state index is 0. The topological polar surface area (TPSA) is 9.23 Å². The molecule has 1 aliphatic carbocycles. The van der Waals surface area contributed by atoms with Gasteiger partial charge >= 0.3 is 112 Å². The molecule has 0 spiro atoms. The van der Waals surface area contributed by atoms with Gasteiger partial charge in [-0.2, -0.15) is 0 Å². The van der Waals surface area contributed by atoms with E-state index >= 15 is 0 Å². The Kier molecular flexibility index (Phi) is 9.05. The molecule has 0 atom stereocenters. The first-order valence-electron chi connectivity index (χ1n) is 6.15. The van der Waals surface area contributed by atoms with Crippen LogP contribution in [0.25, 0.3) is 0 Å². The van der Waals surface area contributed by atoms with Crippen LogP contribution in [0.3, 0.4) is 0 Å². The van der Waals surface area contributed by atoms with Gasteiger partial charge in [-0.25, -0.2) is 0 Å². The molecule has 0 amide bonds. The molecule has 5 heteroatoms. The normalized spacial score (nSPS) is 13.1. The Hall–Kier alpha value is 0.0112. The van der Waals surface area contributed by atoms with Crippen LogP contribution in [-0.4, -0.2) is 6.66 Å². The average Bonchev–Trinajstić information content (AvgIpc) is 2.73. The molecule has 1 nitrogen and oxygen atoms in total. The average molecular weight is 352 g/mol. The van der Waals surface area contributed by atoms with Gasteiger partial charge in [-0.15, -0.1) is 24.8 Å². The molecule has 1 aromatic carbocycles. The van der Waals surface area contributed by atoms with Gasteiger partial charge in [-0.1, -0.05) is 0 Å². The van der Waals surface area contributed by atoms with Crippen molar-refractivity contribution in [3.63, 3.8) is 0 Å². The standard InChI is InChI=1S/C6H6O.C6H7.C2H7Si.2ClH.Ti/c7-6-4-2-1-3-5-6;1-6-4-2-3-5-6;1-3-2;;;/h1-5,7H;2,4H,3H2,1H3;3H,1-2H3;2*1H;/q;;;;;+1/p-1. The van der Waals surface area contributed by atoms with Crippen LogP contribution in [0.4, 0.5) is 0 Å². The van der Waals surface area contributed by atoms with Crippen LogP contribution >= 0.6 is 24.8 Å². The molecule has 0 aliphatic heterocycles. The second-order valence-corrected chi connectivity index (χ2v) is 17.0. The van der Waals surface area contributed by atoms with Gasteiger partial charge in [0.25, 0.3) is 0 Å². The molecule has 0 saturated heterocycles. The minimum atomic E-state index is -1.49. The van der Waals surface area contributed by atoms with Gasteiger partial charge in [0.05, 0.1) is 0 Å². The first-order valence-corrected chi connectivity index (χ1v) is 13.2. The van der Waals surface area contributed by atoms with Crippen LogP contribution in [-0.2, 0) is 17.5 Å². The molecule has 105 valence electrons. The molecule has 2 rings (SSSR count). The summed E-state index contributed by atoms with van der Waals surface area (Å²) in [5, 5.41) is 0. The largest absolute Gasteiger partial charge is 0.147 e. The maximum atomic E-state index is 6.36. The van der Waals surface area contributed by atoms with Crippen LogP contribution in [0.1, 0.15) is 13.3 Å². The quantitative estimate of drug-likeness (QED) is 0.717. The third-order valence-electron chi connectivity index (χ3n) is 2.96. The van der Waals surface area contributed by atoms with Crippen LogP contribution in [0.5, 0.6) is 5.75 Å². The Morgan fingerprint density at radius 2 is 1.74 bits per heavy atom. The number of allylic oxidation sites excluding steroid dienone is 4. The van der Waals surface area contributed by atoms with Gasteiger partial charge in [0, 0.05) is 0 Å². The van der Waals surface area contributed by atoms with E-state index < -0.39 is 24.2 Å². The summed E-state index contributed by atoms with van der Waals surface area (Å²) in [4.78, 5) is 0. The van der Waals surface area contributed by atoms with E-state index in [1.54, 1.807) is 3.88 Å². The van der Waals surface area contributed by atoms with Crippen molar-refractivity contribution in [1.29, 1.82) is 0 Å². The third-order valence-corrected chi connectivity index (χ3v) is 13.4. The fraction of sp³-hybridized carbons (Fsp3) is 0.286. The SMILES string of the molecule is CC1=[C]([Ti]([O]c2ccccc2)[SiH](C)C)CC=C1.Cl.Cl. The first-order chi connectivity index (χ1) is 8.18. The fourth-order valence-corrected chi connectivity index (χ4v) is 11.4. The van der Waals surface area contributed by atoms with Gasteiger partial charge in [-0.3, -0.25) is 0 Å². The molecular formula is C14H21Cl2OSiTi. The number of hydrogen-bond acceptors (Lipinski definition) is 1. The number of para-hydroxylation sites is 1. The van der Waals surface area contributed by atoms with Gasteiger partial charge in [0.15, 0.2) is 0 Å². The molecule has 0 unspecified atom stereocenters. The smallest absolute Gasteiger partial charge is 0.147 e. The number of halogens is 2. The second kappa shape index (κ2) is 9.04. The number of hydrogen-bond donors (Lipinski definition) is 0. The van der Waals surface area contributed by atoms with Crippen molar-refractivity contribution in [2.45, 2.75) is 26.4 Å². The van der Waals surface area contributed by atoms with Gasteiger partial charge in [0.1, 0.15) is 0 Å². The molecular weight excluding hydrogens is 331 g/mol. The Morgan fingerprint density at radius 3 is 2.21 bits per heavy atom. The molecule has 1 aliphatic rings. The van der Waals surface area contributed by atoms with E-state index in [-0.39, 0.29) is 24.8 Å². The molecule has 0 saturated carbocycles. The molecule has 0 radical (unpaired) electrons. The predicted molar refractivity (Wildman–Crippen MR) is 86.9 cm³/mol. The zero-order valence-corrected chi connectivity index (χ0v) is 15.9. The van der Waals surface area contributed by atoms with Gasteiger partial charge < -0.3 is 0 Å². The molecule has 0 N–H and O–H groups in total. The summed E-state index contributed by atoms with van der Waals surface area (Å²) in [6.07, 6.45) is 5.68. The molecule has 0 fully saturated rings. The zero-order chi connectivity index (χ0) is 12.3. The van der Waals surface area contributed by atoms with E-state index in [1.165, 1.54) is 5.57 Å². The Morgan fingerprint density at radius 1 is 1.11 bits per heavy atom. The Balaban J connectivity index is 0.00000162. The van der Waals surface area contributed by atoms with E-state index in [0.717, 1.165) is 12.2 Å². The minimum Gasteiger partial charge on any atom is -0.147 e. The Labute approximate surface area is 136 Å². The monoisotopic (exact) mass is 351 g/mol. The summed E-state index contributed by atoms with van der Waals surface area (Å²) < 4.78 is 8.01. The summed E-state index contributed by atoms with van der Waals surface area (Å²) in [7, 11) is 0. The maximum absolute atomic E-state index is 6.36. The van der Waals surface area contributed by atoms with Gasteiger partial charge in [0.2, 0.25) is 0 Å². The molecule has 0 heterocycles. The fourth-order valence-electron chi connectivity index (χ4n) is 2.05. The number of benzene rings is 1. The van der Waals surface area contributed by atoms with Crippen molar-refractivity contribution in [2.75, 3.05) is 0 Å². The van der Waals surface area contributed by atoms with E-state index in [4.69, 9.17) is 3.32 Å². The van der Waals surface area contributed by atoms with Crippen LogP contribution in [0.15, 0.2) is 51.9 Å². The summed E-state index contributed by atoms with van der Waals surface area (Å²) in [6.45, 7) is 6.39. The summed E-state index contributed by atoms with van der Waals surface area (Å²) in [5.74, 6) is 1.07. The van der Waals surface area contributed by atoms with Crippen molar-refractivity contribution < 1.29 is 20.8 Å². The number of rotatable bonds is 4. The van der Waals surface area contributed by atoms with Crippen molar-refractivity contribution in [2.24, 2.45) is 0 Å². The molecule has 0 bridgehead atoms. The van der Waals surface area contributed by atoms with E-state index in [0.29, 0.717) is 0 Å². The summed E-state index contributed by atoms with van der Waals surface area (Å²) in [6, 6.07) is 10.3. The predicted octanol–water partition coefficient (Wildman–Crippen LogP) is 4.66. The third kappa shape index (κ3) is 5.13. The zero-order valence-electron chi connectivity index (χ0n) is 11.6. The van der Waals surface area contributed by atoms with Crippen LogP contribution in [0, 0.1) is 0 Å².